The van der Waals surface area contributed by atoms with Crippen LogP contribution in [-0.4, -0.2) is 5.78 Å². The Labute approximate surface area is 106 Å². The molecule has 0 bridgehead atoms. The van der Waals surface area contributed by atoms with Crippen LogP contribution < -0.4 is 0 Å². The van der Waals surface area contributed by atoms with Crippen LogP contribution in [0.4, 0.5) is 0 Å². The van der Waals surface area contributed by atoms with Crippen LogP contribution in [0.2, 0.25) is 0 Å². The summed E-state index contributed by atoms with van der Waals surface area (Å²) in [6, 6.07) is 8.30. The molecule has 0 saturated carbocycles. The number of rotatable bonds is 0. The molecular formula is C17H12O. The predicted molar refractivity (Wildman–Crippen MR) is 71.3 cm³/mol. The summed E-state index contributed by atoms with van der Waals surface area (Å²) in [4.78, 5) is 12.6. The number of hydrogen-bond acceptors (Lipinski definition) is 1. The molecule has 0 saturated heterocycles. The first-order valence-corrected chi connectivity index (χ1v) is 6.23. The minimum absolute atomic E-state index is 0.195. The first kappa shape index (κ1) is 9.84. The molecule has 0 heterocycles. The molecule has 1 aromatic carbocycles. The average molecular weight is 232 g/mol. The predicted octanol–water partition coefficient (Wildman–Crippen LogP) is 3.04. The Balaban J connectivity index is 2.11. The molecule has 86 valence electrons. The van der Waals surface area contributed by atoms with Crippen LogP contribution in [0, 0.1) is 0 Å². The van der Waals surface area contributed by atoms with Crippen LogP contribution in [0.5, 0.6) is 0 Å². The van der Waals surface area contributed by atoms with Crippen LogP contribution in [0.1, 0.15) is 11.1 Å². The van der Waals surface area contributed by atoms with Crippen molar-refractivity contribution in [3.8, 4) is 0 Å². The molecule has 3 aliphatic carbocycles. The molecule has 18 heavy (non-hydrogen) atoms. The van der Waals surface area contributed by atoms with Gasteiger partial charge in [-0.3, -0.25) is 4.79 Å². The molecule has 0 aliphatic heterocycles. The molecule has 1 heteroatoms. The van der Waals surface area contributed by atoms with Gasteiger partial charge in [0.15, 0.2) is 5.78 Å². The van der Waals surface area contributed by atoms with Crippen molar-refractivity contribution < 1.29 is 4.79 Å². The van der Waals surface area contributed by atoms with Gasteiger partial charge in [-0.2, -0.15) is 0 Å². The van der Waals surface area contributed by atoms with Crippen molar-refractivity contribution in [2.75, 3.05) is 0 Å². The van der Waals surface area contributed by atoms with Crippen molar-refractivity contribution >= 4 is 5.78 Å². The fraction of sp³-hybridized carbons (Fsp3) is 0.118. The lowest BCUT2D eigenvalue weighted by Crippen LogP contribution is -2.38. The SMILES string of the molecule is O=C1C=CC=C2C=CC=C3Cc4ccccc4C123. The normalized spacial score (nSPS) is 27.2. The molecule has 3 aliphatic rings. The quantitative estimate of drug-likeness (QED) is 0.672. The molecule has 0 amide bonds. The second-order valence-electron chi connectivity index (χ2n) is 4.98. The number of hydrogen-bond donors (Lipinski definition) is 0. The van der Waals surface area contributed by atoms with E-state index in [9.17, 15) is 4.79 Å². The minimum atomic E-state index is -0.514. The zero-order chi connectivity index (χ0) is 12.2. The van der Waals surface area contributed by atoms with Gasteiger partial charge < -0.3 is 0 Å². The molecule has 4 rings (SSSR count). The second kappa shape index (κ2) is 3.20. The Kier molecular flexibility index (Phi) is 1.75. The van der Waals surface area contributed by atoms with Gasteiger partial charge in [-0.25, -0.2) is 0 Å². The van der Waals surface area contributed by atoms with E-state index in [4.69, 9.17) is 0 Å². The van der Waals surface area contributed by atoms with Crippen LogP contribution in [-0.2, 0) is 16.6 Å². The molecule has 1 nitrogen and oxygen atoms in total. The van der Waals surface area contributed by atoms with Gasteiger partial charge in [0.05, 0.1) is 0 Å². The van der Waals surface area contributed by atoms with E-state index in [-0.39, 0.29) is 5.78 Å². The molecule has 1 aromatic rings. The van der Waals surface area contributed by atoms with Gasteiger partial charge in [0.25, 0.3) is 0 Å². The molecule has 1 unspecified atom stereocenters. The topological polar surface area (TPSA) is 17.1 Å². The Morgan fingerprint density at radius 3 is 2.78 bits per heavy atom. The molecule has 1 atom stereocenters. The van der Waals surface area contributed by atoms with Crippen LogP contribution in [0.3, 0.4) is 0 Å². The number of allylic oxidation sites excluding steroid dienone is 8. The van der Waals surface area contributed by atoms with Crippen molar-refractivity contribution in [3.63, 3.8) is 0 Å². The van der Waals surface area contributed by atoms with Gasteiger partial charge >= 0.3 is 0 Å². The van der Waals surface area contributed by atoms with E-state index >= 15 is 0 Å². The standard InChI is InChI=1S/C17H12O/c18-16-10-4-7-13-6-3-8-14-11-12-5-1-2-9-15(12)17(13,14)16/h1-10H,11H2. The second-order valence-corrected chi connectivity index (χ2v) is 4.98. The van der Waals surface area contributed by atoms with Crippen LogP contribution >= 0.6 is 0 Å². The van der Waals surface area contributed by atoms with Crippen molar-refractivity contribution in [1.29, 1.82) is 0 Å². The van der Waals surface area contributed by atoms with Gasteiger partial charge in [0.1, 0.15) is 5.41 Å². The van der Waals surface area contributed by atoms with Crippen molar-refractivity contribution in [2.45, 2.75) is 11.8 Å². The van der Waals surface area contributed by atoms with E-state index in [1.54, 1.807) is 6.08 Å². The maximum atomic E-state index is 12.6. The smallest absolute Gasteiger partial charge is 0.174 e. The molecule has 0 fully saturated rings. The lowest BCUT2D eigenvalue weighted by molar-refractivity contribution is -0.117. The molecule has 0 radical (unpaired) electrons. The lowest BCUT2D eigenvalue weighted by Gasteiger charge is -2.34. The first-order chi connectivity index (χ1) is 8.83. The Hall–Kier alpha value is -2.15. The minimum Gasteiger partial charge on any atom is -0.293 e. The fourth-order valence-electron chi connectivity index (χ4n) is 3.45. The van der Waals surface area contributed by atoms with E-state index in [1.807, 2.05) is 18.2 Å². The summed E-state index contributed by atoms with van der Waals surface area (Å²) in [6.07, 6.45) is 12.7. The molecule has 0 aromatic heterocycles. The van der Waals surface area contributed by atoms with Crippen molar-refractivity contribution in [2.24, 2.45) is 0 Å². The van der Waals surface area contributed by atoms with E-state index in [0.29, 0.717) is 0 Å². The third kappa shape index (κ3) is 0.958. The zero-order valence-corrected chi connectivity index (χ0v) is 9.89. The third-order valence-corrected chi connectivity index (χ3v) is 4.18. The average Bonchev–Trinajstić information content (AvgIpc) is 2.74. The van der Waals surface area contributed by atoms with Gasteiger partial charge in [-0.15, -0.1) is 0 Å². The zero-order valence-electron chi connectivity index (χ0n) is 9.89. The summed E-state index contributed by atoms with van der Waals surface area (Å²) in [5.74, 6) is 0.195. The van der Waals surface area contributed by atoms with Crippen molar-refractivity contribution in [1.82, 2.24) is 0 Å². The van der Waals surface area contributed by atoms with E-state index < -0.39 is 5.41 Å². The van der Waals surface area contributed by atoms with E-state index in [0.717, 1.165) is 12.0 Å². The van der Waals surface area contributed by atoms with Gasteiger partial charge in [0.2, 0.25) is 0 Å². The Bertz CT molecular complexity index is 685. The number of ketones is 1. The third-order valence-electron chi connectivity index (χ3n) is 4.18. The highest BCUT2D eigenvalue weighted by Gasteiger charge is 2.50. The number of carbonyl (C=O) groups is 1. The highest BCUT2D eigenvalue weighted by atomic mass is 16.1. The van der Waals surface area contributed by atoms with Crippen molar-refractivity contribution in [3.05, 3.63) is 83.0 Å². The highest BCUT2D eigenvalue weighted by Crippen LogP contribution is 2.51. The van der Waals surface area contributed by atoms with E-state index in [1.165, 1.54) is 16.7 Å². The molecular weight excluding hydrogens is 220 g/mol. The molecule has 1 spiro atoms. The monoisotopic (exact) mass is 232 g/mol. The fourth-order valence-corrected chi connectivity index (χ4v) is 3.45. The number of fused-ring (bicyclic) bond motifs is 1. The summed E-state index contributed by atoms with van der Waals surface area (Å²) in [6.45, 7) is 0. The highest BCUT2D eigenvalue weighted by molar-refractivity contribution is 6.08. The largest absolute Gasteiger partial charge is 0.293 e. The van der Waals surface area contributed by atoms with Gasteiger partial charge in [0, 0.05) is 0 Å². The van der Waals surface area contributed by atoms with E-state index in [2.05, 4.69) is 36.4 Å². The number of carbonyl (C=O) groups excluding carboxylic acids is 1. The van der Waals surface area contributed by atoms with Crippen LogP contribution in [0.25, 0.3) is 0 Å². The summed E-state index contributed by atoms with van der Waals surface area (Å²) in [7, 11) is 0. The lowest BCUT2D eigenvalue weighted by atomic mass is 9.65. The van der Waals surface area contributed by atoms with Gasteiger partial charge in [-0.05, 0) is 34.8 Å². The summed E-state index contributed by atoms with van der Waals surface area (Å²) >= 11 is 0. The Morgan fingerprint density at radius 2 is 1.83 bits per heavy atom. The maximum absolute atomic E-state index is 12.6. The Morgan fingerprint density at radius 1 is 1.00 bits per heavy atom. The maximum Gasteiger partial charge on any atom is 0.174 e. The first-order valence-electron chi connectivity index (χ1n) is 6.23. The summed E-state index contributed by atoms with van der Waals surface area (Å²) in [5, 5.41) is 0. The summed E-state index contributed by atoms with van der Waals surface area (Å²) < 4.78 is 0. The van der Waals surface area contributed by atoms with Crippen LogP contribution in [0.15, 0.2) is 71.9 Å². The molecule has 0 N–H and O–H groups in total. The number of benzene rings is 1. The summed E-state index contributed by atoms with van der Waals surface area (Å²) in [5.41, 5.74) is 4.26. The van der Waals surface area contributed by atoms with Gasteiger partial charge in [-0.1, -0.05) is 54.6 Å².